The van der Waals surface area contributed by atoms with Gasteiger partial charge in [0, 0.05) is 61.7 Å². The summed E-state index contributed by atoms with van der Waals surface area (Å²) in [5.41, 5.74) is 4.22. The molecular weight excluding hydrogens is 326 g/mol. The number of benzene rings is 1. The fraction of sp³-hybridized carbons (Fsp3) is 0.450. The number of likely N-dealkylation sites (N-methyl/N-ethyl adjacent to an activating group) is 1. The average molecular weight is 353 g/mol. The van der Waals surface area contributed by atoms with E-state index in [-0.39, 0.29) is 0 Å². The molecular formula is C20H27N5O. The topological polar surface area (TPSA) is 61.4 Å². The summed E-state index contributed by atoms with van der Waals surface area (Å²) in [6.45, 7) is 8.88. The minimum Gasteiger partial charge on any atom is -0.369 e. The Morgan fingerprint density at radius 3 is 2.42 bits per heavy atom. The molecule has 0 amide bonds. The number of aryl methyl sites for hydroxylation is 1. The van der Waals surface area contributed by atoms with E-state index in [9.17, 15) is 4.79 Å². The summed E-state index contributed by atoms with van der Waals surface area (Å²) in [5, 5.41) is 3.24. The average Bonchev–Trinajstić information content (AvgIpc) is 2.66. The van der Waals surface area contributed by atoms with Gasteiger partial charge < -0.3 is 19.9 Å². The lowest BCUT2D eigenvalue weighted by molar-refractivity contribution is -0.107. The van der Waals surface area contributed by atoms with Crippen molar-refractivity contribution in [1.82, 2.24) is 14.9 Å². The second-order valence-electron chi connectivity index (χ2n) is 6.83. The van der Waals surface area contributed by atoms with Gasteiger partial charge in [0.05, 0.1) is 0 Å². The maximum atomic E-state index is 10.5. The van der Waals surface area contributed by atoms with Crippen molar-refractivity contribution in [2.24, 2.45) is 0 Å². The van der Waals surface area contributed by atoms with Crippen molar-refractivity contribution >= 4 is 17.8 Å². The van der Waals surface area contributed by atoms with Crippen LogP contribution in [0.3, 0.4) is 0 Å². The molecule has 1 aromatic carbocycles. The number of hydrogen-bond acceptors (Lipinski definition) is 6. The molecule has 1 aromatic heterocycles. The van der Waals surface area contributed by atoms with Crippen LogP contribution in [-0.2, 0) is 4.79 Å². The van der Waals surface area contributed by atoms with Gasteiger partial charge in [0.1, 0.15) is 12.1 Å². The molecule has 6 nitrogen and oxygen atoms in total. The molecule has 26 heavy (non-hydrogen) atoms. The molecule has 0 bridgehead atoms. The number of carbonyl (C=O) groups is 1. The Balaban J connectivity index is 1.79. The predicted molar refractivity (Wildman–Crippen MR) is 106 cm³/mol. The van der Waals surface area contributed by atoms with Crippen molar-refractivity contribution < 1.29 is 4.79 Å². The molecule has 2 heterocycles. The lowest BCUT2D eigenvalue weighted by Crippen LogP contribution is -2.44. The molecule has 0 aliphatic carbocycles. The summed E-state index contributed by atoms with van der Waals surface area (Å²) in [6.07, 6.45) is 1.38. The number of aldehydes is 1. The Kier molecular flexibility index (Phi) is 5.83. The van der Waals surface area contributed by atoms with Gasteiger partial charge >= 0.3 is 0 Å². The SMILES string of the molecule is Cc1nc(-c2ccc(N3CCN(C)CC3)cc2)nc(NCCC=O)c1C. The molecule has 1 aliphatic heterocycles. The monoisotopic (exact) mass is 353 g/mol. The van der Waals surface area contributed by atoms with E-state index in [4.69, 9.17) is 0 Å². The highest BCUT2D eigenvalue weighted by Crippen LogP contribution is 2.24. The minimum atomic E-state index is 0.470. The van der Waals surface area contributed by atoms with Gasteiger partial charge in [0.25, 0.3) is 0 Å². The number of nitrogens with one attached hydrogen (secondary N) is 1. The molecule has 6 heteroatoms. The van der Waals surface area contributed by atoms with Crippen molar-refractivity contribution in [2.75, 3.05) is 50.0 Å². The molecule has 0 unspecified atom stereocenters. The number of nitrogens with zero attached hydrogens (tertiary/aromatic N) is 4. The lowest BCUT2D eigenvalue weighted by Gasteiger charge is -2.34. The van der Waals surface area contributed by atoms with Crippen molar-refractivity contribution in [3.8, 4) is 11.4 Å². The first kappa shape index (κ1) is 18.3. The quantitative estimate of drug-likeness (QED) is 0.636. The van der Waals surface area contributed by atoms with Gasteiger partial charge in [-0.2, -0.15) is 0 Å². The minimum absolute atomic E-state index is 0.470. The standard InChI is InChI=1S/C20H27N5O/c1-15-16(2)22-20(23-19(15)21-9-4-14-26)17-5-7-18(8-6-17)25-12-10-24(3)11-13-25/h5-8,14H,4,9-13H2,1-3H3,(H,21,22,23). The molecule has 0 atom stereocenters. The van der Waals surface area contributed by atoms with Gasteiger partial charge in [-0.15, -0.1) is 0 Å². The van der Waals surface area contributed by atoms with Crippen LogP contribution in [0.15, 0.2) is 24.3 Å². The second-order valence-corrected chi connectivity index (χ2v) is 6.83. The smallest absolute Gasteiger partial charge is 0.161 e. The second kappa shape index (κ2) is 8.27. The van der Waals surface area contributed by atoms with E-state index in [1.165, 1.54) is 5.69 Å². The normalized spacial score (nSPS) is 15.1. The summed E-state index contributed by atoms with van der Waals surface area (Å²) in [4.78, 5) is 24.6. The first-order valence-corrected chi connectivity index (χ1v) is 9.15. The van der Waals surface area contributed by atoms with Crippen LogP contribution in [0, 0.1) is 13.8 Å². The van der Waals surface area contributed by atoms with E-state index in [1.807, 2.05) is 13.8 Å². The lowest BCUT2D eigenvalue weighted by atomic mass is 10.1. The third kappa shape index (κ3) is 4.19. The Labute approximate surface area is 155 Å². The van der Waals surface area contributed by atoms with Gasteiger partial charge in [-0.1, -0.05) is 0 Å². The van der Waals surface area contributed by atoms with Crippen LogP contribution in [-0.4, -0.2) is 60.9 Å². The zero-order chi connectivity index (χ0) is 18.5. The van der Waals surface area contributed by atoms with Crippen LogP contribution >= 0.6 is 0 Å². The van der Waals surface area contributed by atoms with Gasteiger partial charge in [-0.3, -0.25) is 0 Å². The number of anilines is 2. The zero-order valence-corrected chi connectivity index (χ0v) is 15.8. The van der Waals surface area contributed by atoms with Crippen molar-refractivity contribution in [3.05, 3.63) is 35.5 Å². The summed E-state index contributed by atoms with van der Waals surface area (Å²) in [5.74, 6) is 1.52. The fourth-order valence-corrected chi connectivity index (χ4v) is 3.07. The highest BCUT2D eigenvalue weighted by Gasteiger charge is 2.15. The van der Waals surface area contributed by atoms with Gasteiger partial charge in [-0.05, 0) is 45.2 Å². The Morgan fingerprint density at radius 1 is 1.08 bits per heavy atom. The van der Waals surface area contributed by atoms with Crippen molar-refractivity contribution in [2.45, 2.75) is 20.3 Å². The molecule has 138 valence electrons. The summed E-state index contributed by atoms with van der Waals surface area (Å²) < 4.78 is 0. The number of carbonyl (C=O) groups excluding carboxylic acids is 1. The van der Waals surface area contributed by atoms with Crippen molar-refractivity contribution in [3.63, 3.8) is 0 Å². The number of rotatable bonds is 6. The van der Waals surface area contributed by atoms with Crippen LogP contribution in [0.1, 0.15) is 17.7 Å². The van der Waals surface area contributed by atoms with Crippen LogP contribution in [0.25, 0.3) is 11.4 Å². The van der Waals surface area contributed by atoms with E-state index in [2.05, 4.69) is 56.4 Å². The van der Waals surface area contributed by atoms with E-state index < -0.39 is 0 Å². The molecule has 1 saturated heterocycles. The summed E-state index contributed by atoms with van der Waals surface area (Å²) >= 11 is 0. The molecule has 3 rings (SSSR count). The molecule has 0 radical (unpaired) electrons. The van der Waals surface area contributed by atoms with Crippen LogP contribution in [0.4, 0.5) is 11.5 Å². The van der Waals surface area contributed by atoms with Gasteiger partial charge in [-0.25, -0.2) is 9.97 Å². The summed E-state index contributed by atoms with van der Waals surface area (Å²) in [6, 6.07) is 8.48. The maximum Gasteiger partial charge on any atom is 0.161 e. The molecule has 1 fully saturated rings. The van der Waals surface area contributed by atoms with Crippen LogP contribution < -0.4 is 10.2 Å². The maximum absolute atomic E-state index is 10.5. The van der Waals surface area contributed by atoms with Crippen LogP contribution in [0.2, 0.25) is 0 Å². The molecule has 1 N–H and O–H groups in total. The predicted octanol–water partition coefficient (Wildman–Crippen LogP) is 2.51. The number of piperazine rings is 1. The van der Waals surface area contributed by atoms with Gasteiger partial charge in [0.2, 0.25) is 0 Å². The highest BCUT2D eigenvalue weighted by atomic mass is 16.1. The largest absolute Gasteiger partial charge is 0.369 e. The molecule has 2 aromatic rings. The Bertz CT molecular complexity index is 752. The Morgan fingerprint density at radius 2 is 1.77 bits per heavy atom. The molecule has 0 spiro atoms. The number of aromatic nitrogens is 2. The number of hydrogen-bond donors (Lipinski definition) is 1. The third-order valence-electron chi connectivity index (χ3n) is 4.94. The van der Waals surface area contributed by atoms with E-state index >= 15 is 0 Å². The summed E-state index contributed by atoms with van der Waals surface area (Å²) in [7, 11) is 2.16. The fourth-order valence-electron chi connectivity index (χ4n) is 3.07. The first-order valence-electron chi connectivity index (χ1n) is 9.15. The highest BCUT2D eigenvalue weighted by molar-refractivity contribution is 5.63. The zero-order valence-electron chi connectivity index (χ0n) is 15.8. The molecule has 0 saturated carbocycles. The Hall–Kier alpha value is -2.47. The van der Waals surface area contributed by atoms with E-state index in [0.717, 1.165) is 55.1 Å². The third-order valence-corrected chi connectivity index (χ3v) is 4.94. The van der Waals surface area contributed by atoms with E-state index in [1.54, 1.807) is 0 Å². The van der Waals surface area contributed by atoms with Crippen LogP contribution in [0.5, 0.6) is 0 Å². The van der Waals surface area contributed by atoms with E-state index in [0.29, 0.717) is 18.8 Å². The van der Waals surface area contributed by atoms with Gasteiger partial charge in [0.15, 0.2) is 5.82 Å². The first-order chi connectivity index (χ1) is 12.6. The van der Waals surface area contributed by atoms with Crippen molar-refractivity contribution in [1.29, 1.82) is 0 Å². The molecule has 1 aliphatic rings.